The summed E-state index contributed by atoms with van der Waals surface area (Å²) in [5, 5.41) is 0. The van der Waals surface area contributed by atoms with Crippen LogP contribution in [0.2, 0.25) is 0 Å². The van der Waals surface area contributed by atoms with Crippen molar-refractivity contribution in [2.24, 2.45) is 5.92 Å². The zero-order valence-corrected chi connectivity index (χ0v) is 11.1. The second-order valence-electron chi connectivity index (χ2n) is 4.24. The largest absolute Gasteiger partial charge is 0.476 e. The van der Waals surface area contributed by atoms with Crippen molar-refractivity contribution < 1.29 is 4.74 Å². The molecule has 0 aromatic carbocycles. The summed E-state index contributed by atoms with van der Waals surface area (Å²) in [6.45, 7) is 7.76. The minimum absolute atomic E-state index is 0.466. The van der Waals surface area contributed by atoms with Crippen molar-refractivity contribution in [1.82, 2.24) is 9.97 Å². The number of rotatable bonds is 6. The molecule has 1 atom stereocenters. The van der Waals surface area contributed by atoms with Crippen LogP contribution in [0.1, 0.15) is 27.2 Å². The average Bonchev–Trinajstić information content (AvgIpc) is 2.31. The number of nitrogens with two attached hydrogens (primary N) is 1. The van der Waals surface area contributed by atoms with Gasteiger partial charge in [-0.05, 0) is 12.8 Å². The van der Waals surface area contributed by atoms with E-state index in [-0.39, 0.29) is 0 Å². The standard InChI is InChI=1S/C12H22N4O/c1-5-9(3)7-16(4)11-10(13)12(17-6-2)15-8-14-11/h8-9H,5-7,13H2,1-4H3. The molecule has 0 fully saturated rings. The van der Waals surface area contributed by atoms with Crippen LogP contribution in [0.4, 0.5) is 11.5 Å². The van der Waals surface area contributed by atoms with E-state index in [9.17, 15) is 0 Å². The monoisotopic (exact) mass is 238 g/mol. The Bertz CT molecular complexity index is 356. The van der Waals surface area contributed by atoms with E-state index >= 15 is 0 Å². The van der Waals surface area contributed by atoms with Gasteiger partial charge in [0.2, 0.25) is 5.88 Å². The van der Waals surface area contributed by atoms with E-state index in [4.69, 9.17) is 10.5 Å². The van der Waals surface area contributed by atoms with Crippen LogP contribution in [-0.4, -0.2) is 30.2 Å². The van der Waals surface area contributed by atoms with Crippen molar-refractivity contribution in [2.75, 3.05) is 30.8 Å². The number of hydrogen-bond acceptors (Lipinski definition) is 5. The van der Waals surface area contributed by atoms with E-state index in [0.29, 0.717) is 24.1 Å². The van der Waals surface area contributed by atoms with Gasteiger partial charge in [-0.1, -0.05) is 20.3 Å². The van der Waals surface area contributed by atoms with E-state index in [2.05, 4.69) is 23.8 Å². The predicted molar refractivity (Wildman–Crippen MR) is 70.3 cm³/mol. The summed E-state index contributed by atoms with van der Waals surface area (Å²) in [7, 11) is 1.99. The molecule has 17 heavy (non-hydrogen) atoms. The first-order valence-electron chi connectivity index (χ1n) is 6.04. The molecule has 0 aliphatic carbocycles. The third kappa shape index (κ3) is 3.47. The van der Waals surface area contributed by atoms with Crippen LogP contribution in [0.3, 0.4) is 0 Å². The minimum atomic E-state index is 0.466. The molecule has 0 radical (unpaired) electrons. The van der Waals surface area contributed by atoms with Gasteiger partial charge in [0.25, 0.3) is 0 Å². The maximum atomic E-state index is 6.00. The van der Waals surface area contributed by atoms with Gasteiger partial charge in [0, 0.05) is 13.6 Å². The second kappa shape index (κ2) is 6.27. The molecule has 1 aromatic rings. The summed E-state index contributed by atoms with van der Waals surface area (Å²) in [5.41, 5.74) is 6.51. The van der Waals surface area contributed by atoms with E-state index in [0.717, 1.165) is 18.8 Å². The Kier molecular flexibility index (Phi) is 5.00. The van der Waals surface area contributed by atoms with Crippen LogP contribution < -0.4 is 15.4 Å². The van der Waals surface area contributed by atoms with Crippen molar-refractivity contribution in [1.29, 1.82) is 0 Å². The fraction of sp³-hybridized carbons (Fsp3) is 0.667. The van der Waals surface area contributed by atoms with Crippen LogP contribution in [-0.2, 0) is 0 Å². The van der Waals surface area contributed by atoms with Crippen LogP contribution in [0, 0.1) is 5.92 Å². The van der Waals surface area contributed by atoms with Crippen molar-refractivity contribution in [3.63, 3.8) is 0 Å². The van der Waals surface area contributed by atoms with Crippen LogP contribution in [0.25, 0.3) is 0 Å². The topological polar surface area (TPSA) is 64.3 Å². The van der Waals surface area contributed by atoms with Gasteiger partial charge in [-0.15, -0.1) is 0 Å². The van der Waals surface area contributed by atoms with Crippen LogP contribution in [0.5, 0.6) is 5.88 Å². The molecule has 1 rings (SSSR count). The molecule has 0 aliphatic rings. The van der Waals surface area contributed by atoms with Crippen LogP contribution in [0.15, 0.2) is 6.33 Å². The van der Waals surface area contributed by atoms with Crippen molar-refractivity contribution in [3.8, 4) is 5.88 Å². The maximum absolute atomic E-state index is 6.00. The third-order valence-electron chi connectivity index (χ3n) is 2.75. The SMILES string of the molecule is CCOc1ncnc(N(C)CC(C)CC)c1N. The van der Waals surface area contributed by atoms with Gasteiger partial charge in [-0.3, -0.25) is 0 Å². The van der Waals surface area contributed by atoms with Gasteiger partial charge in [0.15, 0.2) is 5.82 Å². The first-order chi connectivity index (χ1) is 8.10. The lowest BCUT2D eigenvalue weighted by atomic mass is 10.1. The molecule has 1 heterocycles. The third-order valence-corrected chi connectivity index (χ3v) is 2.75. The molecule has 96 valence electrons. The number of ether oxygens (including phenoxy) is 1. The van der Waals surface area contributed by atoms with Gasteiger partial charge in [0.1, 0.15) is 12.0 Å². The van der Waals surface area contributed by atoms with Gasteiger partial charge in [-0.2, -0.15) is 4.98 Å². The molecule has 1 unspecified atom stereocenters. The highest BCUT2D eigenvalue weighted by Crippen LogP contribution is 2.27. The molecular formula is C12H22N4O. The van der Waals surface area contributed by atoms with Crippen molar-refractivity contribution >= 4 is 11.5 Å². The van der Waals surface area contributed by atoms with Crippen molar-refractivity contribution in [2.45, 2.75) is 27.2 Å². The second-order valence-corrected chi connectivity index (χ2v) is 4.24. The highest BCUT2D eigenvalue weighted by atomic mass is 16.5. The fourth-order valence-electron chi connectivity index (χ4n) is 1.61. The summed E-state index contributed by atoms with van der Waals surface area (Å²) in [6, 6.07) is 0. The Morgan fingerprint density at radius 1 is 1.41 bits per heavy atom. The molecule has 0 spiro atoms. The Hall–Kier alpha value is -1.52. The Morgan fingerprint density at radius 3 is 2.71 bits per heavy atom. The number of anilines is 2. The highest BCUT2D eigenvalue weighted by molar-refractivity contribution is 5.67. The normalized spacial score (nSPS) is 12.2. The summed E-state index contributed by atoms with van der Waals surface area (Å²) >= 11 is 0. The highest BCUT2D eigenvalue weighted by Gasteiger charge is 2.14. The summed E-state index contributed by atoms with van der Waals surface area (Å²) in [6.07, 6.45) is 2.62. The first-order valence-corrected chi connectivity index (χ1v) is 6.04. The summed E-state index contributed by atoms with van der Waals surface area (Å²) < 4.78 is 5.36. The molecule has 0 amide bonds. The quantitative estimate of drug-likeness (QED) is 0.820. The lowest BCUT2D eigenvalue weighted by Gasteiger charge is -2.23. The minimum Gasteiger partial charge on any atom is -0.476 e. The molecule has 0 saturated heterocycles. The van der Waals surface area contributed by atoms with E-state index < -0.39 is 0 Å². The van der Waals surface area contributed by atoms with Crippen LogP contribution >= 0.6 is 0 Å². The van der Waals surface area contributed by atoms with Gasteiger partial charge >= 0.3 is 0 Å². The smallest absolute Gasteiger partial charge is 0.242 e. The lowest BCUT2D eigenvalue weighted by Crippen LogP contribution is -2.25. The fourth-order valence-corrected chi connectivity index (χ4v) is 1.61. The molecule has 5 nitrogen and oxygen atoms in total. The molecule has 0 bridgehead atoms. The molecule has 5 heteroatoms. The summed E-state index contributed by atoms with van der Waals surface area (Å²) in [4.78, 5) is 10.3. The molecule has 0 aliphatic heterocycles. The van der Waals surface area contributed by atoms with Crippen molar-refractivity contribution in [3.05, 3.63) is 6.33 Å². The Balaban J connectivity index is 2.86. The summed E-state index contributed by atoms with van der Waals surface area (Å²) in [5.74, 6) is 1.81. The molecule has 0 saturated carbocycles. The average molecular weight is 238 g/mol. The number of hydrogen-bond donors (Lipinski definition) is 1. The van der Waals surface area contributed by atoms with Gasteiger partial charge < -0.3 is 15.4 Å². The number of aromatic nitrogens is 2. The zero-order valence-electron chi connectivity index (χ0n) is 11.1. The van der Waals surface area contributed by atoms with Gasteiger partial charge in [-0.25, -0.2) is 4.98 Å². The van der Waals surface area contributed by atoms with E-state index in [1.807, 2.05) is 18.9 Å². The van der Waals surface area contributed by atoms with Gasteiger partial charge in [0.05, 0.1) is 6.61 Å². The Labute approximate surface area is 103 Å². The number of nitrogen functional groups attached to an aromatic ring is 1. The maximum Gasteiger partial charge on any atom is 0.242 e. The predicted octanol–water partition coefficient (Wildman–Crippen LogP) is 1.94. The molecule has 2 N–H and O–H groups in total. The van der Waals surface area contributed by atoms with E-state index in [1.54, 1.807) is 0 Å². The number of nitrogens with zero attached hydrogens (tertiary/aromatic N) is 3. The Morgan fingerprint density at radius 2 is 2.12 bits per heavy atom. The zero-order chi connectivity index (χ0) is 12.8. The lowest BCUT2D eigenvalue weighted by molar-refractivity contribution is 0.328. The first kappa shape index (κ1) is 13.5. The van der Waals surface area contributed by atoms with E-state index in [1.165, 1.54) is 6.33 Å². The molecular weight excluding hydrogens is 216 g/mol. The molecule has 1 aromatic heterocycles.